The summed E-state index contributed by atoms with van der Waals surface area (Å²) in [6.07, 6.45) is 1.62. The maximum atomic E-state index is 12.6. The van der Waals surface area contributed by atoms with Crippen molar-refractivity contribution in [1.29, 1.82) is 0 Å². The third-order valence-electron chi connectivity index (χ3n) is 4.34. The van der Waals surface area contributed by atoms with Crippen molar-refractivity contribution in [2.75, 3.05) is 6.54 Å². The molecule has 1 aliphatic heterocycles. The van der Waals surface area contributed by atoms with Gasteiger partial charge in [-0.25, -0.2) is 8.42 Å². The molecule has 2 heterocycles. The van der Waals surface area contributed by atoms with Crippen LogP contribution in [0, 0.1) is 0 Å². The monoisotopic (exact) mass is 366 g/mol. The summed E-state index contributed by atoms with van der Waals surface area (Å²) in [4.78, 5) is 0. The molecule has 3 aromatic rings. The summed E-state index contributed by atoms with van der Waals surface area (Å²) >= 11 is 0. The standard InChI is InChI=1S/C19H18N4O2S/c24-26(25,14-11-16-7-3-1-4-8-16)22-12-13-23-18(15-22)20-21-19(23)17-9-5-2-6-10-17/h1-11,14H,12-13,15H2. The van der Waals surface area contributed by atoms with Gasteiger partial charge in [-0.05, 0) is 11.6 Å². The first-order chi connectivity index (χ1) is 12.6. The molecule has 4 rings (SSSR count). The van der Waals surface area contributed by atoms with Gasteiger partial charge in [-0.3, -0.25) is 0 Å². The third kappa shape index (κ3) is 3.31. The van der Waals surface area contributed by atoms with Crippen LogP contribution in [0.15, 0.2) is 66.1 Å². The summed E-state index contributed by atoms with van der Waals surface area (Å²) in [7, 11) is -3.51. The molecule has 0 amide bonds. The van der Waals surface area contributed by atoms with Gasteiger partial charge in [0.1, 0.15) is 5.82 Å². The lowest BCUT2D eigenvalue weighted by molar-refractivity contribution is 0.340. The zero-order valence-electron chi connectivity index (χ0n) is 14.1. The van der Waals surface area contributed by atoms with E-state index in [1.54, 1.807) is 6.08 Å². The highest BCUT2D eigenvalue weighted by Crippen LogP contribution is 2.23. The van der Waals surface area contributed by atoms with E-state index < -0.39 is 10.0 Å². The van der Waals surface area contributed by atoms with Crippen LogP contribution < -0.4 is 0 Å². The molecule has 0 N–H and O–H groups in total. The van der Waals surface area contributed by atoms with Gasteiger partial charge in [-0.2, -0.15) is 4.31 Å². The Morgan fingerprint density at radius 3 is 2.31 bits per heavy atom. The van der Waals surface area contributed by atoms with Crippen LogP contribution in [-0.2, 0) is 23.1 Å². The van der Waals surface area contributed by atoms with E-state index in [0.29, 0.717) is 18.9 Å². The molecule has 0 unspecified atom stereocenters. The van der Waals surface area contributed by atoms with E-state index >= 15 is 0 Å². The van der Waals surface area contributed by atoms with Gasteiger partial charge in [0.2, 0.25) is 10.0 Å². The van der Waals surface area contributed by atoms with E-state index in [2.05, 4.69) is 10.2 Å². The quantitative estimate of drug-likeness (QED) is 0.712. The fourth-order valence-corrected chi connectivity index (χ4v) is 4.10. The van der Waals surface area contributed by atoms with Crippen LogP contribution in [0.4, 0.5) is 0 Å². The average molecular weight is 366 g/mol. The predicted octanol–water partition coefficient (Wildman–Crippen LogP) is 2.76. The first kappa shape index (κ1) is 16.7. The smallest absolute Gasteiger partial charge is 0.236 e. The number of hydrogen-bond acceptors (Lipinski definition) is 4. The molecule has 2 aromatic carbocycles. The van der Waals surface area contributed by atoms with E-state index in [9.17, 15) is 8.42 Å². The number of benzene rings is 2. The molecule has 0 saturated heterocycles. The summed E-state index contributed by atoms with van der Waals surface area (Å²) in [5.41, 5.74) is 1.83. The van der Waals surface area contributed by atoms with Crippen LogP contribution in [-0.4, -0.2) is 34.0 Å². The number of nitrogens with zero attached hydrogens (tertiary/aromatic N) is 4. The lowest BCUT2D eigenvalue weighted by atomic mass is 10.2. The van der Waals surface area contributed by atoms with Crippen molar-refractivity contribution >= 4 is 16.1 Å². The summed E-state index contributed by atoms with van der Waals surface area (Å²) in [5.74, 6) is 1.43. The van der Waals surface area contributed by atoms with E-state index in [0.717, 1.165) is 17.0 Å². The molecule has 6 nitrogen and oxygen atoms in total. The molecule has 0 bridgehead atoms. The zero-order chi connectivity index (χ0) is 18.0. The van der Waals surface area contributed by atoms with Crippen molar-refractivity contribution < 1.29 is 8.42 Å². The SMILES string of the molecule is O=S(=O)(C=Cc1ccccc1)N1CCn2c(nnc2-c2ccccc2)C1. The normalized spacial score (nSPS) is 15.2. The summed E-state index contributed by atoms with van der Waals surface area (Å²) < 4.78 is 28.7. The molecule has 26 heavy (non-hydrogen) atoms. The zero-order valence-corrected chi connectivity index (χ0v) is 14.9. The van der Waals surface area contributed by atoms with Gasteiger partial charge in [0.05, 0.1) is 6.54 Å². The summed E-state index contributed by atoms with van der Waals surface area (Å²) in [6.45, 7) is 1.15. The number of rotatable bonds is 4. The van der Waals surface area contributed by atoms with Crippen molar-refractivity contribution in [2.24, 2.45) is 0 Å². The molecular formula is C19H18N4O2S. The Morgan fingerprint density at radius 1 is 0.885 bits per heavy atom. The largest absolute Gasteiger partial charge is 0.309 e. The van der Waals surface area contributed by atoms with Gasteiger partial charge in [0.25, 0.3) is 0 Å². The average Bonchev–Trinajstić information content (AvgIpc) is 3.11. The lowest BCUT2D eigenvalue weighted by Crippen LogP contribution is -2.37. The highest BCUT2D eigenvalue weighted by Gasteiger charge is 2.28. The van der Waals surface area contributed by atoms with Crippen molar-refractivity contribution in [2.45, 2.75) is 13.1 Å². The maximum absolute atomic E-state index is 12.6. The fraction of sp³-hybridized carbons (Fsp3) is 0.158. The Labute approximate surface area is 152 Å². The van der Waals surface area contributed by atoms with Crippen molar-refractivity contribution in [3.63, 3.8) is 0 Å². The minimum Gasteiger partial charge on any atom is -0.309 e. The summed E-state index contributed by atoms with van der Waals surface area (Å²) in [5, 5.41) is 9.71. The Balaban J connectivity index is 1.55. The second kappa shape index (κ2) is 6.86. The van der Waals surface area contributed by atoms with Gasteiger partial charge >= 0.3 is 0 Å². The van der Waals surface area contributed by atoms with Crippen molar-refractivity contribution in [1.82, 2.24) is 19.1 Å². The van der Waals surface area contributed by atoms with Crippen LogP contribution in [0.5, 0.6) is 0 Å². The molecule has 0 radical (unpaired) electrons. The molecule has 7 heteroatoms. The Morgan fingerprint density at radius 2 is 1.58 bits per heavy atom. The van der Waals surface area contributed by atoms with Gasteiger partial charge in [0, 0.05) is 24.1 Å². The molecule has 132 valence electrons. The van der Waals surface area contributed by atoms with Gasteiger partial charge < -0.3 is 4.57 Å². The van der Waals surface area contributed by atoms with Crippen LogP contribution in [0.25, 0.3) is 17.5 Å². The van der Waals surface area contributed by atoms with Crippen LogP contribution >= 0.6 is 0 Å². The molecule has 1 aliphatic rings. The molecule has 0 atom stereocenters. The first-order valence-corrected chi connectivity index (χ1v) is 9.84. The number of fused-ring (bicyclic) bond motifs is 1. The Kier molecular flexibility index (Phi) is 4.40. The lowest BCUT2D eigenvalue weighted by Gasteiger charge is -2.25. The topological polar surface area (TPSA) is 68.1 Å². The summed E-state index contributed by atoms with van der Waals surface area (Å²) in [6, 6.07) is 19.2. The van der Waals surface area contributed by atoms with Crippen LogP contribution in [0.3, 0.4) is 0 Å². The second-order valence-corrected chi connectivity index (χ2v) is 7.87. The van der Waals surface area contributed by atoms with Crippen molar-refractivity contribution in [3.8, 4) is 11.4 Å². The maximum Gasteiger partial charge on any atom is 0.236 e. The second-order valence-electron chi connectivity index (χ2n) is 6.05. The van der Waals surface area contributed by atoms with E-state index in [1.807, 2.05) is 65.2 Å². The highest BCUT2D eigenvalue weighted by molar-refractivity contribution is 7.92. The molecule has 0 spiro atoms. The van der Waals surface area contributed by atoms with E-state index in [4.69, 9.17) is 0 Å². The van der Waals surface area contributed by atoms with Gasteiger partial charge in [0.15, 0.2) is 5.82 Å². The number of hydrogen-bond donors (Lipinski definition) is 0. The van der Waals surface area contributed by atoms with Gasteiger partial charge in [-0.15, -0.1) is 10.2 Å². The molecule has 0 aliphatic carbocycles. The van der Waals surface area contributed by atoms with Gasteiger partial charge in [-0.1, -0.05) is 60.7 Å². The number of sulfonamides is 1. The van der Waals surface area contributed by atoms with Crippen LogP contribution in [0.1, 0.15) is 11.4 Å². The molecule has 0 fully saturated rings. The van der Waals surface area contributed by atoms with E-state index in [1.165, 1.54) is 9.71 Å². The molecular weight excluding hydrogens is 348 g/mol. The minimum atomic E-state index is -3.51. The molecule has 1 aromatic heterocycles. The Bertz CT molecular complexity index is 1030. The molecule has 0 saturated carbocycles. The van der Waals surface area contributed by atoms with Crippen molar-refractivity contribution in [3.05, 3.63) is 77.5 Å². The Hall–Kier alpha value is -2.77. The third-order valence-corrected chi connectivity index (χ3v) is 5.85. The first-order valence-electron chi connectivity index (χ1n) is 8.34. The van der Waals surface area contributed by atoms with Crippen LogP contribution in [0.2, 0.25) is 0 Å². The van der Waals surface area contributed by atoms with E-state index in [-0.39, 0.29) is 6.54 Å². The predicted molar refractivity (Wildman–Crippen MR) is 100 cm³/mol. The minimum absolute atomic E-state index is 0.224. The number of aromatic nitrogens is 3. The fourth-order valence-electron chi connectivity index (χ4n) is 2.97. The highest BCUT2D eigenvalue weighted by atomic mass is 32.2.